The van der Waals surface area contributed by atoms with Crippen LogP contribution in [-0.4, -0.2) is 64.8 Å². The van der Waals surface area contributed by atoms with Crippen LogP contribution in [0.15, 0.2) is 35.3 Å². The van der Waals surface area contributed by atoms with E-state index in [0.717, 1.165) is 0 Å². The van der Waals surface area contributed by atoms with Crippen molar-refractivity contribution in [2.24, 2.45) is 0 Å². The Balaban J connectivity index is 1.52. The van der Waals surface area contributed by atoms with Gasteiger partial charge in [-0.1, -0.05) is 29.3 Å². The predicted octanol–water partition coefficient (Wildman–Crippen LogP) is 4.31. The molecule has 212 valence electrons. The summed E-state index contributed by atoms with van der Waals surface area (Å²) in [5, 5.41) is 12.9. The standard InChI is InChI=1S/C28H29Cl2FN4O5/c1-14-9-33(10-15(2)34(14)12-23(36)37)25-22(31)7-19-24-27(25)40-13-16(3)35(24)11-20(26(19)38)28(39)32-8-17-4-5-18(29)6-21(17)30/h4-7,11,14-16H,8-10,12-13H2,1-3H3,(H,32,39)(H,36,37)/t14-,15+,16-/m0/s1. The van der Waals surface area contributed by atoms with E-state index < -0.39 is 23.1 Å². The van der Waals surface area contributed by atoms with E-state index in [1.165, 1.54) is 12.3 Å². The van der Waals surface area contributed by atoms with Crippen LogP contribution in [0.4, 0.5) is 10.1 Å². The SMILES string of the molecule is C[C@@H]1CN(c2c(F)cc3c(=O)c(C(=O)NCc4ccc(Cl)cc4Cl)cn4c3c2OC[C@@H]4C)C[C@H](C)N1CC(=O)O. The predicted molar refractivity (Wildman–Crippen MR) is 151 cm³/mol. The van der Waals surface area contributed by atoms with Gasteiger partial charge < -0.3 is 24.6 Å². The molecule has 1 fully saturated rings. The number of rotatable bonds is 6. The van der Waals surface area contributed by atoms with Crippen LogP contribution in [0.5, 0.6) is 5.75 Å². The second kappa shape index (κ2) is 10.9. The normalized spacial score (nSPS) is 20.9. The van der Waals surface area contributed by atoms with Crippen LogP contribution in [0, 0.1) is 5.82 Å². The van der Waals surface area contributed by atoms with Gasteiger partial charge in [-0.15, -0.1) is 0 Å². The second-order valence-corrected chi connectivity index (χ2v) is 11.3. The first-order chi connectivity index (χ1) is 19.0. The fraction of sp³-hybridized carbons (Fsp3) is 0.393. The Kier molecular flexibility index (Phi) is 7.69. The van der Waals surface area contributed by atoms with Crippen molar-refractivity contribution < 1.29 is 23.8 Å². The molecule has 0 saturated carbocycles. The first-order valence-corrected chi connectivity index (χ1v) is 13.7. The number of carboxylic acids is 1. The summed E-state index contributed by atoms with van der Waals surface area (Å²) in [5.74, 6) is -1.92. The Morgan fingerprint density at radius 2 is 1.82 bits per heavy atom. The highest BCUT2D eigenvalue weighted by molar-refractivity contribution is 6.35. The van der Waals surface area contributed by atoms with Gasteiger partial charge in [0.05, 0.1) is 23.5 Å². The van der Waals surface area contributed by atoms with E-state index in [9.17, 15) is 19.5 Å². The van der Waals surface area contributed by atoms with Crippen molar-refractivity contribution in [3.63, 3.8) is 0 Å². The highest BCUT2D eigenvalue weighted by atomic mass is 35.5. The molecule has 2 aliphatic heterocycles. The molecule has 2 N–H and O–H groups in total. The summed E-state index contributed by atoms with van der Waals surface area (Å²) in [6, 6.07) is 5.53. The van der Waals surface area contributed by atoms with Crippen molar-refractivity contribution in [2.45, 2.75) is 45.4 Å². The van der Waals surface area contributed by atoms with Crippen LogP contribution in [0.3, 0.4) is 0 Å². The number of anilines is 1. The molecule has 12 heteroatoms. The first kappa shape index (κ1) is 28.2. The largest absolute Gasteiger partial charge is 0.487 e. The van der Waals surface area contributed by atoms with Crippen molar-refractivity contribution >= 4 is 51.7 Å². The van der Waals surface area contributed by atoms with Gasteiger partial charge in [-0.2, -0.15) is 0 Å². The Morgan fingerprint density at radius 1 is 1.12 bits per heavy atom. The van der Waals surface area contributed by atoms with E-state index >= 15 is 4.39 Å². The summed E-state index contributed by atoms with van der Waals surface area (Å²) in [4.78, 5) is 41.7. The van der Waals surface area contributed by atoms with Crippen molar-refractivity contribution in [2.75, 3.05) is 31.1 Å². The summed E-state index contributed by atoms with van der Waals surface area (Å²) in [6.45, 7) is 6.63. The molecule has 9 nitrogen and oxygen atoms in total. The van der Waals surface area contributed by atoms with Crippen LogP contribution in [0.1, 0.15) is 42.7 Å². The van der Waals surface area contributed by atoms with E-state index in [2.05, 4.69) is 5.32 Å². The van der Waals surface area contributed by atoms with Gasteiger partial charge in [-0.05, 0) is 44.5 Å². The molecule has 1 amide bonds. The van der Waals surface area contributed by atoms with Gasteiger partial charge in [-0.25, -0.2) is 4.39 Å². The number of carbonyl (C=O) groups is 2. The molecule has 1 aromatic heterocycles. The van der Waals surface area contributed by atoms with Crippen LogP contribution in [0.2, 0.25) is 10.0 Å². The number of carbonyl (C=O) groups excluding carboxylic acids is 1. The van der Waals surface area contributed by atoms with Gasteiger partial charge in [0.2, 0.25) is 5.43 Å². The Hall–Kier alpha value is -3.34. The number of benzene rings is 2. The third kappa shape index (κ3) is 5.11. The van der Waals surface area contributed by atoms with Crippen molar-refractivity contribution in [1.29, 1.82) is 0 Å². The zero-order chi connectivity index (χ0) is 28.9. The summed E-state index contributed by atoms with van der Waals surface area (Å²) in [5.41, 5.74) is 0.562. The minimum atomic E-state index is -0.920. The highest BCUT2D eigenvalue weighted by Crippen LogP contribution is 2.42. The molecule has 3 aromatic rings. The van der Waals surface area contributed by atoms with Crippen molar-refractivity contribution in [3.8, 4) is 5.75 Å². The van der Waals surface area contributed by atoms with Gasteiger partial charge >= 0.3 is 5.97 Å². The Morgan fingerprint density at radius 3 is 2.48 bits per heavy atom. The Labute approximate surface area is 240 Å². The molecule has 40 heavy (non-hydrogen) atoms. The minimum Gasteiger partial charge on any atom is -0.487 e. The lowest BCUT2D eigenvalue weighted by Crippen LogP contribution is -2.58. The highest BCUT2D eigenvalue weighted by Gasteiger charge is 2.36. The lowest BCUT2D eigenvalue weighted by atomic mass is 10.0. The third-order valence-electron chi connectivity index (χ3n) is 7.58. The van der Waals surface area contributed by atoms with E-state index in [-0.39, 0.29) is 60.2 Å². The number of hydrogen-bond acceptors (Lipinski definition) is 6. The zero-order valence-corrected chi connectivity index (χ0v) is 23.7. The van der Waals surface area contributed by atoms with Crippen LogP contribution in [0.25, 0.3) is 10.9 Å². The molecule has 0 radical (unpaired) electrons. The Bertz CT molecular complexity index is 1570. The molecule has 1 saturated heterocycles. The van der Waals surface area contributed by atoms with Gasteiger partial charge in [0, 0.05) is 48.0 Å². The van der Waals surface area contributed by atoms with Gasteiger partial charge in [0.15, 0.2) is 11.6 Å². The summed E-state index contributed by atoms with van der Waals surface area (Å²) in [6.07, 6.45) is 1.50. The molecule has 5 rings (SSSR count). The van der Waals surface area contributed by atoms with Crippen molar-refractivity contribution in [1.82, 2.24) is 14.8 Å². The summed E-state index contributed by atoms with van der Waals surface area (Å²) >= 11 is 12.2. The van der Waals surface area contributed by atoms with Gasteiger partial charge in [0.25, 0.3) is 5.91 Å². The molecule has 3 atom stereocenters. The number of ether oxygens (including phenoxy) is 1. The lowest BCUT2D eigenvalue weighted by molar-refractivity contribution is -0.139. The molecule has 0 bridgehead atoms. The average molecular weight is 591 g/mol. The number of piperazine rings is 1. The fourth-order valence-electron chi connectivity index (χ4n) is 5.61. The average Bonchev–Trinajstić information content (AvgIpc) is 2.88. The molecule has 0 aliphatic carbocycles. The molecular weight excluding hydrogens is 562 g/mol. The molecular formula is C28H29Cl2FN4O5. The third-order valence-corrected chi connectivity index (χ3v) is 8.16. The number of aromatic nitrogens is 1. The maximum Gasteiger partial charge on any atom is 0.317 e. The molecule has 2 aliphatic rings. The molecule has 2 aromatic carbocycles. The summed E-state index contributed by atoms with van der Waals surface area (Å²) in [7, 11) is 0. The van der Waals surface area contributed by atoms with E-state index in [4.69, 9.17) is 27.9 Å². The van der Waals surface area contributed by atoms with Gasteiger partial charge in [-0.3, -0.25) is 19.3 Å². The number of amides is 1. The zero-order valence-electron chi connectivity index (χ0n) is 22.2. The molecule has 3 heterocycles. The fourth-order valence-corrected chi connectivity index (χ4v) is 6.09. The topological polar surface area (TPSA) is 104 Å². The smallest absolute Gasteiger partial charge is 0.317 e. The summed E-state index contributed by atoms with van der Waals surface area (Å²) < 4.78 is 23.7. The second-order valence-electron chi connectivity index (χ2n) is 10.5. The lowest BCUT2D eigenvalue weighted by Gasteiger charge is -2.45. The van der Waals surface area contributed by atoms with Crippen molar-refractivity contribution in [3.05, 3.63) is 67.7 Å². The van der Waals surface area contributed by atoms with Crippen LogP contribution < -0.4 is 20.4 Å². The maximum absolute atomic E-state index is 15.8. The maximum atomic E-state index is 15.8. The number of nitrogens with one attached hydrogen (secondary N) is 1. The first-order valence-electron chi connectivity index (χ1n) is 12.9. The number of nitrogens with zero attached hydrogens (tertiary/aromatic N) is 3. The monoisotopic (exact) mass is 590 g/mol. The van der Waals surface area contributed by atoms with E-state index in [1.807, 2.05) is 30.6 Å². The number of hydrogen-bond donors (Lipinski definition) is 2. The van der Waals surface area contributed by atoms with E-state index in [1.54, 1.807) is 22.8 Å². The number of halogens is 3. The number of carboxylic acid groups (broad SMARTS) is 1. The quantitative estimate of drug-likeness (QED) is 0.440. The van der Waals surface area contributed by atoms with Crippen LogP contribution >= 0.6 is 23.2 Å². The number of pyridine rings is 1. The van der Waals surface area contributed by atoms with Gasteiger partial charge in [0.1, 0.15) is 17.9 Å². The van der Waals surface area contributed by atoms with E-state index in [0.29, 0.717) is 34.2 Å². The van der Waals surface area contributed by atoms with Crippen LogP contribution in [-0.2, 0) is 11.3 Å². The minimum absolute atomic E-state index is 0.0468. The molecule has 0 spiro atoms. The molecule has 0 unspecified atom stereocenters. The number of aliphatic carboxylic acids is 1.